The maximum absolute atomic E-state index is 15.3. The Labute approximate surface area is 243 Å². The third kappa shape index (κ3) is 5.01. The Morgan fingerprint density at radius 3 is 2.76 bits per heavy atom. The maximum Gasteiger partial charge on any atom is 0.261 e. The van der Waals surface area contributed by atoms with Crippen LogP contribution in [0.1, 0.15) is 47.0 Å². The fourth-order valence-electron chi connectivity index (χ4n) is 5.29. The Kier molecular flexibility index (Phi) is 7.32. The highest BCUT2D eigenvalue weighted by Gasteiger charge is 2.38. The van der Waals surface area contributed by atoms with E-state index in [9.17, 15) is 17.6 Å². The van der Waals surface area contributed by atoms with E-state index in [0.717, 1.165) is 11.3 Å². The Morgan fingerprint density at radius 1 is 1.22 bits per heavy atom. The first-order chi connectivity index (χ1) is 19.7. The van der Waals surface area contributed by atoms with Gasteiger partial charge in [-0.2, -0.15) is 5.10 Å². The molecular formula is C26H25ClF2N6O4S2. The number of carbonyl (C=O) groups excluding carboxylic acids is 1. The fraction of sp³-hybridized carbons (Fsp3) is 0.385. The van der Waals surface area contributed by atoms with Crippen LogP contribution in [0.25, 0.3) is 4.96 Å². The Hall–Kier alpha value is -3.36. The second-order valence-electron chi connectivity index (χ2n) is 9.67. The molecule has 1 unspecified atom stereocenters. The molecule has 0 bridgehead atoms. The number of aryl methyl sites for hydroxylation is 1. The number of nitrogens with zero attached hydrogens (tertiary/aromatic N) is 6. The van der Waals surface area contributed by atoms with Gasteiger partial charge in [-0.25, -0.2) is 31.7 Å². The zero-order valence-electron chi connectivity index (χ0n) is 21.9. The molecule has 41 heavy (non-hydrogen) atoms. The van der Waals surface area contributed by atoms with Crippen LogP contribution in [-0.2, 0) is 34.3 Å². The summed E-state index contributed by atoms with van der Waals surface area (Å²) in [5.74, 6) is -0.267. The molecule has 1 saturated heterocycles. The number of benzene rings is 1. The lowest BCUT2D eigenvalue weighted by atomic mass is 9.95. The van der Waals surface area contributed by atoms with E-state index < -0.39 is 34.5 Å². The minimum Gasteiger partial charge on any atom is -0.482 e. The number of aromatic nitrogens is 4. The predicted octanol–water partition coefficient (Wildman–Crippen LogP) is 4.10. The average Bonchev–Trinajstić information content (AvgIpc) is 3.62. The summed E-state index contributed by atoms with van der Waals surface area (Å²) < 4.78 is 62.0. The number of imidazole rings is 1. The number of alkyl halides is 1. The number of sulfonamides is 1. The SMILES string of the molecule is CCc1nc(N2CCCS2(=O)=O)ccc1OCC(=O)N1CCc2nc3sc(CF)nn3c2C1c1ccc(Cl)cc1F. The first kappa shape index (κ1) is 27.8. The molecule has 0 radical (unpaired) electrons. The van der Waals surface area contributed by atoms with Crippen LogP contribution in [0.5, 0.6) is 5.75 Å². The maximum atomic E-state index is 15.3. The number of amides is 1. The standard InChI is InChI=1S/C26H25ClF2N6O4S2/c1-2-18-20(6-7-21(30-18)34-9-3-11-41(34,37)38)39-14-23(36)33-10-8-19-25(35-26(31-19)40-22(13-28)32-35)24(33)16-5-4-15(27)12-17(16)29/h4-7,12,24H,2-3,8-11,13-14H2,1H3. The van der Waals surface area contributed by atoms with Gasteiger partial charge in [-0.05, 0) is 37.1 Å². The van der Waals surface area contributed by atoms with Crippen molar-refractivity contribution in [1.29, 1.82) is 0 Å². The smallest absolute Gasteiger partial charge is 0.261 e. The van der Waals surface area contributed by atoms with E-state index in [1.807, 2.05) is 6.92 Å². The molecule has 1 aromatic carbocycles. The molecule has 0 aliphatic carbocycles. The molecule has 6 rings (SSSR count). The lowest BCUT2D eigenvalue weighted by molar-refractivity contribution is -0.135. The summed E-state index contributed by atoms with van der Waals surface area (Å²) >= 11 is 7.11. The highest BCUT2D eigenvalue weighted by molar-refractivity contribution is 7.93. The fourth-order valence-corrected chi connectivity index (χ4v) is 7.72. The molecule has 0 saturated carbocycles. The van der Waals surface area contributed by atoms with E-state index in [0.29, 0.717) is 59.4 Å². The van der Waals surface area contributed by atoms with Gasteiger partial charge in [0, 0.05) is 30.1 Å². The van der Waals surface area contributed by atoms with Crippen molar-refractivity contribution in [2.75, 3.05) is 29.8 Å². The van der Waals surface area contributed by atoms with Gasteiger partial charge in [0.05, 0.1) is 22.8 Å². The molecule has 2 aliphatic heterocycles. The van der Waals surface area contributed by atoms with E-state index in [1.165, 1.54) is 25.9 Å². The minimum absolute atomic E-state index is 0.0787. The monoisotopic (exact) mass is 622 g/mol. The van der Waals surface area contributed by atoms with Crippen LogP contribution < -0.4 is 9.04 Å². The molecule has 0 N–H and O–H groups in total. The summed E-state index contributed by atoms with van der Waals surface area (Å²) in [6.07, 6.45) is 1.38. The highest BCUT2D eigenvalue weighted by Crippen LogP contribution is 2.38. The Bertz CT molecular complexity index is 1760. The topological polar surface area (TPSA) is 110 Å². The van der Waals surface area contributed by atoms with Gasteiger partial charge in [0.15, 0.2) is 6.61 Å². The predicted molar refractivity (Wildman–Crippen MR) is 149 cm³/mol. The zero-order valence-corrected chi connectivity index (χ0v) is 24.3. The van der Waals surface area contributed by atoms with Gasteiger partial charge in [0.1, 0.15) is 35.1 Å². The van der Waals surface area contributed by atoms with E-state index in [4.69, 9.17) is 16.3 Å². The van der Waals surface area contributed by atoms with Crippen molar-refractivity contribution < 1.29 is 26.7 Å². The Balaban J connectivity index is 1.30. The van der Waals surface area contributed by atoms with Gasteiger partial charge in [-0.3, -0.25) is 9.10 Å². The van der Waals surface area contributed by atoms with Crippen LogP contribution in [0.4, 0.5) is 14.6 Å². The molecule has 1 atom stereocenters. The van der Waals surface area contributed by atoms with E-state index in [1.54, 1.807) is 18.2 Å². The first-order valence-corrected chi connectivity index (χ1v) is 15.8. The second-order valence-corrected chi connectivity index (χ2v) is 13.2. The zero-order chi connectivity index (χ0) is 28.9. The first-order valence-electron chi connectivity index (χ1n) is 13.0. The summed E-state index contributed by atoms with van der Waals surface area (Å²) in [6, 6.07) is 6.52. The van der Waals surface area contributed by atoms with Crippen LogP contribution in [0.2, 0.25) is 5.02 Å². The number of rotatable bonds is 7. The van der Waals surface area contributed by atoms with E-state index >= 15 is 4.39 Å². The van der Waals surface area contributed by atoms with Gasteiger partial charge >= 0.3 is 0 Å². The second kappa shape index (κ2) is 10.8. The summed E-state index contributed by atoms with van der Waals surface area (Å²) in [5.41, 5.74) is 1.86. The van der Waals surface area contributed by atoms with E-state index in [2.05, 4.69) is 15.1 Å². The third-order valence-corrected chi connectivity index (χ3v) is 10.1. The van der Waals surface area contributed by atoms with Crippen molar-refractivity contribution in [3.63, 3.8) is 0 Å². The number of pyridine rings is 1. The van der Waals surface area contributed by atoms with Crippen molar-refractivity contribution in [3.8, 4) is 5.75 Å². The normalized spacial score (nSPS) is 18.2. The molecule has 15 heteroatoms. The highest BCUT2D eigenvalue weighted by atomic mass is 35.5. The van der Waals surface area contributed by atoms with Gasteiger partial charge in [0.2, 0.25) is 15.0 Å². The molecule has 10 nitrogen and oxygen atoms in total. The molecule has 2 aliphatic rings. The summed E-state index contributed by atoms with van der Waals surface area (Å²) in [6.45, 7) is 1.33. The molecule has 4 aromatic rings. The molecule has 1 amide bonds. The van der Waals surface area contributed by atoms with Crippen molar-refractivity contribution >= 4 is 49.6 Å². The summed E-state index contributed by atoms with van der Waals surface area (Å²) in [4.78, 5) is 24.7. The minimum atomic E-state index is -3.39. The lowest BCUT2D eigenvalue weighted by Crippen LogP contribution is -2.43. The van der Waals surface area contributed by atoms with E-state index in [-0.39, 0.29) is 34.5 Å². The van der Waals surface area contributed by atoms with Gasteiger partial charge in [-0.1, -0.05) is 35.9 Å². The summed E-state index contributed by atoms with van der Waals surface area (Å²) in [7, 11) is -3.39. The van der Waals surface area contributed by atoms with Gasteiger partial charge < -0.3 is 9.64 Å². The van der Waals surface area contributed by atoms with Crippen molar-refractivity contribution in [2.24, 2.45) is 0 Å². The molecular weight excluding hydrogens is 598 g/mol. The molecule has 3 aromatic heterocycles. The quantitative estimate of drug-likeness (QED) is 0.305. The van der Waals surface area contributed by atoms with Gasteiger partial charge in [-0.15, -0.1) is 0 Å². The average molecular weight is 623 g/mol. The number of fused-ring (bicyclic) bond motifs is 3. The van der Waals surface area contributed by atoms with Crippen LogP contribution in [0.3, 0.4) is 0 Å². The number of carbonyl (C=O) groups is 1. The van der Waals surface area contributed by atoms with Crippen molar-refractivity contribution in [1.82, 2.24) is 24.5 Å². The largest absolute Gasteiger partial charge is 0.482 e. The number of anilines is 1. The van der Waals surface area contributed by atoms with Crippen molar-refractivity contribution in [2.45, 2.75) is 38.9 Å². The number of hydrogen-bond donors (Lipinski definition) is 0. The van der Waals surface area contributed by atoms with Crippen LogP contribution in [0.15, 0.2) is 30.3 Å². The van der Waals surface area contributed by atoms with Crippen LogP contribution in [0, 0.1) is 5.82 Å². The molecule has 216 valence electrons. The third-order valence-electron chi connectivity index (χ3n) is 7.17. The number of ether oxygens (including phenoxy) is 1. The molecule has 1 fully saturated rings. The molecule has 5 heterocycles. The lowest BCUT2D eigenvalue weighted by Gasteiger charge is -2.35. The van der Waals surface area contributed by atoms with Crippen LogP contribution in [-0.4, -0.2) is 64.3 Å². The van der Waals surface area contributed by atoms with Gasteiger partial charge in [0.25, 0.3) is 5.91 Å². The summed E-state index contributed by atoms with van der Waals surface area (Å²) in [5, 5.41) is 4.75. The number of halogens is 3. The molecule has 0 spiro atoms. The number of hydrogen-bond acceptors (Lipinski definition) is 8. The van der Waals surface area contributed by atoms with Crippen molar-refractivity contribution in [3.05, 3.63) is 68.8 Å². The Morgan fingerprint density at radius 2 is 2.05 bits per heavy atom. The van der Waals surface area contributed by atoms with Crippen LogP contribution >= 0.6 is 22.9 Å².